The maximum absolute atomic E-state index is 8.26. The third-order valence-corrected chi connectivity index (χ3v) is 5.21. The molecule has 5 N–H and O–H groups in total. The molecule has 0 spiro atoms. The summed E-state index contributed by atoms with van der Waals surface area (Å²) in [5.74, 6) is 0. The summed E-state index contributed by atoms with van der Waals surface area (Å²) in [5, 5.41) is 8.26. The number of anilines is 1. The highest BCUT2D eigenvalue weighted by Crippen LogP contribution is 2.41. The van der Waals surface area contributed by atoms with Gasteiger partial charge in [0, 0.05) is 17.4 Å². The maximum Gasteiger partial charge on any atom is 0.0868 e. The van der Waals surface area contributed by atoms with Gasteiger partial charge in [-0.15, -0.1) is 0 Å². The molecule has 1 fully saturated rings. The van der Waals surface area contributed by atoms with Crippen LogP contribution < -0.4 is 16.4 Å². The molecule has 4 heteroatoms. The number of allylic oxidation sites excluding steroid dienone is 1. The maximum atomic E-state index is 8.26. The summed E-state index contributed by atoms with van der Waals surface area (Å²) in [7, 11) is 0. The molecule has 2 aliphatic rings. The zero-order valence-electron chi connectivity index (χ0n) is 14.1. The summed E-state index contributed by atoms with van der Waals surface area (Å²) < 4.78 is 0. The Morgan fingerprint density at radius 1 is 1.00 bits per heavy atom. The molecule has 25 heavy (non-hydrogen) atoms. The molecule has 0 atom stereocenters. The van der Waals surface area contributed by atoms with Crippen molar-refractivity contribution in [1.29, 1.82) is 5.41 Å². The van der Waals surface area contributed by atoms with Crippen molar-refractivity contribution in [3.8, 4) is 0 Å². The zero-order chi connectivity index (χ0) is 17.4. The van der Waals surface area contributed by atoms with Crippen molar-refractivity contribution < 1.29 is 0 Å². The van der Waals surface area contributed by atoms with Gasteiger partial charge in [-0.05, 0) is 48.6 Å². The molecule has 0 radical (unpaired) electrons. The minimum Gasteiger partial charge on any atom is -0.403 e. The standard InChI is InChI=1S/C21H22N4/c22-14-20-18(23)13-19(15-5-2-1-3-6-15)25(20)17-9-7-16(8-10-17)21(24)11-4-12-21/h1-3,5-10,13-14,23H,4,11-12,22,24H2/b20-14+,23-18?. The third kappa shape index (κ3) is 2.55. The van der Waals surface area contributed by atoms with E-state index >= 15 is 0 Å². The fourth-order valence-corrected chi connectivity index (χ4v) is 3.58. The second-order valence-corrected chi connectivity index (χ2v) is 6.75. The lowest BCUT2D eigenvalue weighted by molar-refractivity contribution is 0.253. The molecule has 1 heterocycles. The van der Waals surface area contributed by atoms with E-state index in [-0.39, 0.29) is 5.54 Å². The Morgan fingerprint density at radius 2 is 1.68 bits per heavy atom. The highest BCUT2D eigenvalue weighted by atomic mass is 15.2. The van der Waals surface area contributed by atoms with Gasteiger partial charge in [0.15, 0.2) is 0 Å². The van der Waals surface area contributed by atoms with Crippen LogP contribution in [0.4, 0.5) is 5.69 Å². The van der Waals surface area contributed by atoms with Gasteiger partial charge in [-0.1, -0.05) is 42.5 Å². The Balaban J connectivity index is 1.73. The lowest BCUT2D eigenvalue weighted by Gasteiger charge is -2.39. The molecule has 1 saturated carbocycles. The van der Waals surface area contributed by atoms with Gasteiger partial charge in [-0.25, -0.2) is 0 Å². The van der Waals surface area contributed by atoms with E-state index in [1.807, 2.05) is 41.3 Å². The number of nitrogens with two attached hydrogens (primary N) is 2. The molecule has 1 aliphatic carbocycles. The predicted octanol–water partition coefficient (Wildman–Crippen LogP) is 3.71. The van der Waals surface area contributed by atoms with E-state index in [1.165, 1.54) is 18.2 Å². The van der Waals surface area contributed by atoms with Crippen LogP contribution in [0.2, 0.25) is 0 Å². The summed E-state index contributed by atoms with van der Waals surface area (Å²) in [6, 6.07) is 18.4. The lowest BCUT2D eigenvalue weighted by Crippen LogP contribution is -2.43. The molecule has 2 aromatic rings. The quantitative estimate of drug-likeness (QED) is 0.803. The number of rotatable bonds is 3. The molecule has 0 amide bonds. The Labute approximate surface area is 148 Å². The number of benzene rings is 2. The molecule has 0 aromatic heterocycles. The van der Waals surface area contributed by atoms with Crippen molar-refractivity contribution in [3.63, 3.8) is 0 Å². The van der Waals surface area contributed by atoms with E-state index in [0.29, 0.717) is 11.4 Å². The van der Waals surface area contributed by atoms with E-state index in [9.17, 15) is 0 Å². The highest BCUT2D eigenvalue weighted by molar-refractivity contribution is 6.20. The van der Waals surface area contributed by atoms with Crippen molar-refractivity contribution in [2.24, 2.45) is 11.5 Å². The van der Waals surface area contributed by atoms with Gasteiger partial charge in [-0.2, -0.15) is 0 Å². The molecule has 0 unspecified atom stereocenters. The van der Waals surface area contributed by atoms with Crippen LogP contribution in [-0.4, -0.2) is 5.71 Å². The Bertz CT molecular complexity index is 859. The predicted molar refractivity (Wildman–Crippen MR) is 103 cm³/mol. The van der Waals surface area contributed by atoms with Crippen LogP contribution in [0.5, 0.6) is 0 Å². The first kappa shape index (κ1) is 15.7. The summed E-state index contributed by atoms with van der Waals surface area (Å²) in [4.78, 5) is 2.03. The summed E-state index contributed by atoms with van der Waals surface area (Å²) in [6.07, 6.45) is 6.65. The van der Waals surface area contributed by atoms with Crippen LogP contribution in [-0.2, 0) is 5.54 Å². The summed E-state index contributed by atoms with van der Waals surface area (Å²) in [6.45, 7) is 0. The second-order valence-electron chi connectivity index (χ2n) is 6.75. The van der Waals surface area contributed by atoms with Crippen LogP contribution >= 0.6 is 0 Å². The fourth-order valence-electron chi connectivity index (χ4n) is 3.58. The van der Waals surface area contributed by atoms with E-state index in [4.69, 9.17) is 16.9 Å². The number of hydrogen-bond donors (Lipinski definition) is 3. The molecule has 4 rings (SSSR count). The Hall–Kier alpha value is -2.85. The van der Waals surface area contributed by atoms with Crippen LogP contribution in [0.3, 0.4) is 0 Å². The normalized spacial score (nSPS) is 20.5. The van der Waals surface area contributed by atoms with E-state index in [1.54, 1.807) is 0 Å². The second kappa shape index (κ2) is 5.90. The van der Waals surface area contributed by atoms with Crippen LogP contribution in [0, 0.1) is 5.41 Å². The van der Waals surface area contributed by atoms with E-state index < -0.39 is 0 Å². The van der Waals surface area contributed by atoms with Crippen molar-refractivity contribution in [1.82, 2.24) is 0 Å². The molecule has 126 valence electrons. The SMILES string of the molecule is N=C1C=C(c2ccccc2)N(c2ccc(C3(N)CCC3)cc2)/C1=C/N. The van der Waals surface area contributed by atoms with Gasteiger partial charge >= 0.3 is 0 Å². The van der Waals surface area contributed by atoms with Crippen molar-refractivity contribution >= 4 is 17.1 Å². The van der Waals surface area contributed by atoms with E-state index in [2.05, 4.69) is 24.3 Å². The largest absolute Gasteiger partial charge is 0.403 e. The Morgan fingerprint density at radius 3 is 2.24 bits per heavy atom. The van der Waals surface area contributed by atoms with E-state index in [0.717, 1.165) is 29.8 Å². The third-order valence-electron chi connectivity index (χ3n) is 5.21. The number of hydrogen-bond acceptors (Lipinski definition) is 4. The van der Waals surface area contributed by atoms with Crippen molar-refractivity contribution in [3.05, 3.63) is 83.7 Å². The number of nitrogens with zero attached hydrogens (tertiary/aromatic N) is 1. The van der Waals surface area contributed by atoms with Crippen molar-refractivity contribution in [2.45, 2.75) is 24.8 Å². The van der Waals surface area contributed by atoms with Gasteiger partial charge in [0.25, 0.3) is 0 Å². The zero-order valence-corrected chi connectivity index (χ0v) is 14.1. The van der Waals surface area contributed by atoms with Crippen LogP contribution in [0.1, 0.15) is 30.4 Å². The van der Waals surface area contributed by atoms with Gasteiger partial charge < -0.3 is 16.4 Å². The van der Waals surface area contributed by atoms with Crippen LogP contribution in [0.15, 0.2) is 72.6 Å². The molecule has 2 aromatic carbocycles. The molecule has 1 aliphatic heterocycles. The first-order chi connectivity index (χ1) is 12.1. The lowest BCUT2D eigenvalue weighted by atomic mass is 9.73. The molecular weight excluding hydrogens is 308 g/mol. The first-order valence-corrected chi connectivity index (χ1v) is 8.60. The summed E-state index contributed by atoms with van der Waals surface area (Å²) in [5.41, 5.74) is 17.4. The van der Waals surface area contributed by atoms with Gasteiger partial charge in [0.05, 0.1) is 17.1 Å². The molecular formula is C21H22N4. The van der Waals surface area contributed by atoms with Gasteiger partial charge in [0.1, 0.15) is 0 Å². The molecule has 0 bridgehead atoms. The highest BCUT2D eigenvalue weighted by Gasteiger charge is 2.34. The molecule has 4 nitrogen and oxygen atoms in total. The first-order valence-electron chi connectivity index (χ1n) is 8.60. The summed E-state index contributed by atoms with van der Waals surface area (Å²) >= 11 is 0. The fraction of sp³-hybridized carbons (Fsp3) is 0.190. The van der Waals surface area contributed by atoms with Crippen LogP contribution in [0.25, 0.3) is 5.70 Å². The van der Waals surface area contributed by atoms with Crippen molar-refractivity contribution in [2.75, 3.05) is 4.90 Å². The van der Waals surface area contributed by atoms with Gasteiger partial charge in [0.2, 0.25) is 0 Å². The average Bonchev–Trinajstić information content (AvgIpc) is 2.97. The minimum absolute atomic E-state index is 0.166. The average molecular weight is 330 g/mol. The monoisotopic (exact) mass is 330 g/mol. The minimum atomic E-state index is -0.166. The number of nitrogens with one attached hydrogen (secondary N) is 1. The Kier molecular flexibility index (Phi) is 3.70. The smallest absolute Gasteiger partial charge is 0.0868 e. The topological polar surface area (TPSA) is 79.1 Å². The molecule has 0 saturated heterocycles. The van der Waals surface area contributed by atoms with Gasteiger partial charge in [-0.3, -0.25) is 5.41 Å².